The molecule has 0 unspecified atom stereocenters. The van der Waals surface area contributed by atoms with Crippen molar-refractivity contribution in [3.63, 3.8) is 0 Å². The molecule has 33 heavy (non-hydrogen) atoms. The zero-order chi connectivity index (χ0) is 22.6. The van der Waals surface area contributed by atoms with Crippen LogP contribution >= 0.6 is 0 Å². The quantitative estimate of drug-likeness (QED) is 0.444. The molecule has 0 atom stereocenters. The van der Waals surface area contributed by atoms with E-state index >= 15 is 0 Å². The zero-order valence-corrected chi connectivity index (χ0v) is 18.1. The summed E-state index contributed by atoms with van der Waals surface area (Å²) in [6.45, 7) is 3.41. The lowest BCUT2D eigenvalue weighted by Crippen LogP contribution is -2.47. The zero-order valence-electron chi connectivity index (χ0n) is 18.1. The van der Waals surface area contributed by atoms with E-state index in [1.807, 2.05) is 29.3 Å². The van der Waals surface area contributed by atoms with Gasteiger partial charge in [0.2, 0.25) is 11.8 Å². The second kappa shape index (κ2) is 9.30. The Bertz CT molecular complexity index is 1270. The Labute approximate surface area is 191 Å². The molecule has 0 aliphatic carbocycles. The van der Waals surface area contributed by atoms with E-state index in [0.717, 1.165) is 35.1 Å². The molecular weight excluding hydrogens is 418 g/mol. The Morgan fingerprint density at radius 1 is 1.09 bits per heavy atom. The second-order valence-electron chi connectivity index (χ2n) is 8.17. The van der Waals surface area contributed by atoms with E-state index in [-0.39, 0.29) is 11.7 Å². The van der Waals surface area contributed by atoms with E-state index in [4.69, 9.17) is 4.52 Å². The van der Waals surface area contributed by atoms with Crippen LogP contribution in [-0.4, -0.2) is 62.1 Å². The highest BCUT2D eigenvalue weighted by molar-refractivity contribution is 5.91. The van der Waals surface area contributed by atoms with Gasteiger partial charge in [0.25, 0.3) is 0 Å². The van der Waals surface area contributed by atoms with Gasteiger partial charge in [-0.05, 0) is 35.4 Å². The van der Waals surface area contributed by atoms with Crippen LogP contribution in [0.1, 0.15) is 22.8 Å². The number of carbonyl (C=O) groups is 1. The van der Waals surface area contributed by atoms with Gasteiger partial charge >= 0.3 is 0 Å². The Hall–Kier alpha value is -3.91. The number of amides is 1. The van der Waals surface area contributed by atoms with Crippen molar-refractivity contribution in [1.29, 1.82) is 0 Å². The van der Waals surface area contributed by atoms with Crippen LogP contribution in [0.2, 0.25) is 0 Å². The van der Waals surface area contributed by atoms with Crippen molar-refractivity contribution in [2.45, 2.75) is 13.0 Å². The third kappa shape index (κ3) is 4.96. The summed E-state index contributed by atoms with van der Waals surface area (Å²) >= 11 is 0. The van der Waals surface area contributed by atoms with E-state index in [1.165, 1.54) is 0 Å². The van der Waals surface area contributed by atoms with Crippen LogP contribution < -0.4 is 0 Å². The smallest absolute Gasteiger partial charge is 0.246 e. The van der Waals surface area contributed by atoms with Crippen molar-refractivity contribution in [3.8, 4) is 5.75 Å². The largest absolute Gasteiger partial charge is 0.508 e. The van der Waals surface area contributed by atoms with Gasteiger partial charge < -0.3 is 19.5 Å². The molecule has 0 radical (unpaired) electrons. The molecular formula is C25H25N5O3. The van der Waals surface area contributed by atoms with E-state index in [9.17, 15) is 9.90 Å². The first kappa shape index (κ1) is 21.0. The highest BCUT2D eigenvalue weighted by Gasteiger charge is 2.21. The number of aromatic hydroxyl groups is 1. The Morgan fingerprint density at radius 3 is 2.70 bits per heavy atom. The maximum atomic E-state index is 12.5. The summed E-state index contributed by atoms with van der Waals surface area (Å²) in [5, 5.41) is 14.7. The molecule has 1 fully saturated rings. The van der Waals surface area contributed by atoms with E-state index in [0.29, 0.717) is 37.8 Å². The number of rotatable bonds is 6. The molecule has 5 rings (SSSR count). The normalized spacial score (nSPS) is 15.0. The van der Waals surface area contributed by atoms with E-state index in [1.54, 1.807) is 36.4 Å². The Balaban J connectivity index is 1.12. The molecule has 3 heterocycles. The number of aromatic nitrogens is 3. The lowest BCUT2D eigenvalue weighted by atomic mass is 10.1. The van der Waals surface area contributed by atoms with Gasteiger partial charge in [-0.25, -0.2) is 0 Å². The van der Waals surface area contributed by atoms with E-state index < -0.39 is 0 Å². The number of benzene rings is 2. The summed E-state index contributed by atoms with van der Waals surface area (Å²) in [7, 11) is 0. The number of nitrogens with one attached hydrogen (secondary N) is 1. The number of para-hydroxylation sites is 1. The van der Waals surface area contributed by atoms with Gasteiger partial charge in [-0.2, -0.15) is 4.98 Å². The number of fused-ring (bicyclic) bond motifs is 1. The number of nitrogens with zero attached hydrogens (tertiary/aromatic N) is 4. The van der Waals surface area contributed by atoms with Gasteiger partial charge in [0.1, 0.15) is 5.75 Å². The first-order chi connectivity index (χ1) is 16.1. The van der Waals surface area contributed by atoms with Crippen LogP contribution in [0.15, 0.2) is 65.3 Å². The topological polar surface area (TPSA) is 98.5 Å². The predicted molar refractivity (Wildman–Crippen MR) is 124 cm³/mol. The number of aromatic amines is 1. The SMILES string of the molecule is O=C(/C=C/c1ccc(O)cc1)N1CCN(Cc2noc(Cc3c[nH]c4ccccc34)n2)CC1. The van der Waals surface area contributed by atoms with Crippen molar-refractivity contribution in [2.24, 2.45) is 0 Å². The fourth-order valence-corrected chi connectivity index (χ4v) is 4.05. The average molecular weight is 444 g/mol. The second-order valence-corrected chi connectivity index (χ2v) is 8.17. The number of phenols is 1. The molecule has 0 bridgehead atoms. The van der Waals surface area contributed by atoms with Crippen molar-refractivity contribution >= 4 is 22.9 Å². The summed E-state index contributed by atoms with van der Waals surface area (Å²) in [6, 6.07) is 14.9. The lowest BCUT2D eigenvalue weighted by Gasteiger charge is -2.33. The van der Waals surface area contributed by atoms with Crippen LogP contribution in [0.4, 0.5) is 0 Å². The number of piperazine rings is 1. The first-order valence-electron chi connectivity index (χ1n) is 11.0. The molecule has 168 valence electrons. The summed E-state index contributed by atoms with van der Waals surface area (Å²) in [4.78, 5) is 24.4. The monoisotopic (exact) mass is 443 g/mol. The molecule has 2 aromatic carbocycles. The van der Waals surface area contributed by atoms with Gasteiger partial charge in [-0.15, -0.1) is 0 Å². The molecule has 0 saturated carbocycles. The minimum Gasteiger partial charge on any atom is -0.508 e. The van der Waals surface area contributed by atoms with Crippen LogP contribution in [-0.2, 0) is 17.8 Å². The Kier molecular flexibility index (Phi) is 5.91. The maximum Gasteiger partial charge on any atom is 0.246 e. The highest BCUT2D eigenvalue weighted by Crippen LogP contribution is 2.20. The Morgan fingerprint density at radius 2 is 1.88 bits per heavy atom. The summed E-state index contributed by atoms with van der Waals surface area (Å²) < 4.78 is 5.48. The molecule has 0 spiro atoms. The summed E-state index contributed by atoms with van der Waals surface area (Å²) in [6.07, 6.45) is 5.93. The van der Waals surface area contributed by atoms with E-state index in [2.05, 4.69) is 26.1 Å². The molecule has 2 aromatic heterocycles. The van der Waals surface area contributed by atoms with Crippen molar-refractivity contribution in [3.05, 3.63) is 83.6 Å². The third-order valence-corrected chi connectivity index (χ3v) is 5.89. The summed E-state index contributed by atoms with van der Waals surface area (Å²) in [5.41, 5.74) is 3.10. The van der Waals surface area contributed by atoms with Crippen molar-refractivity contribution in [1.82, 2.24) is 24.9 Å². The van der Waals surface area contributed by atoms with Crippen LogP contribution in [0.3, 0.4) is 0 Å². The molecule has 8 nitrogen and oxygen atoms in total. The van der Waals surface area contributed by atoms with Crippen LogP contribution in [0.5, 0.6) is 5.75 Å². The maximum absolute atomic E-state index is 12.5. The first-order valence-corrected chi connectivity index (χ1v) is 11.0. The number of H-pyrrole nitrogens is 1. The van der Waals surface area contributed by atoms with Gasteiger partial charge in [0.05, 0.1) is 13.0 Å². The van der Waals surface area contributed by atoms with Gasteiger partial charge in [0.15, 0.2) is 5.82 Å². The third-order valence-electron chi connectivity index (χ3n) is 5.89. The predicted octanol–water partition coefficient (Wildman–Crippen LogP) is 3.20. The highest BCUT2D eigenvalue weighted by atomic mass is 16.5. The number of hydrogen-bond acceptors (Lipinski definition) is 6. The average Bonchev–Trinajstić information content (AvgIpc) is 3.46. The van der Waals surface area contributed by atoms with Gasteiger partial charge in [-0.3, -0.25) is 9.69 Å². The standard InChI is InChI=1S/C25H25N5O3/c31-20-8-5-18(6-9-20)7-10-25(32)30-13-11-29(12-14-30)17-23-27-24(33-28-23)15-19-16-26-22-4-2-1-3-21(19)22/h1-10,16,26,31H,11-15,17H2/b10-7+. The fourth-order valence-electron chi connectivity index (χ4n) is 4.05. The molecule has 4 aromatic rings. The minimum absolute atomic E-state index is 0.0108. The lowest BCUT2D eigenvalue weighted by molar-refractivity contribution is -0.127. The number of hydrogen-bond donors (Lipinski definition) is 2. The molecule has 8 heteroatoms. The number of carbonyl (C=O) groups excluding carboxylic acids is 1. The van der Waals surface area contributed by atoms with Crippen LogP contribution in [0, 0.1) is 0 Å². The number of phenolic OH excluding ortho intramolecular Hbond substituents is 1. The van der Waals surface area contributed by atoms with Crippen LogP contribution in [0.25, 0.3) is 17.0 Å². The molecule has 2 N–H and O–H groups in total. The molecule has 1 saturated heterocycles. The molecule has 1 aliphatic rings. The fraction of sp³-hybridized carbons (Fsp3) is 0.240. The van der Waals surface area contributed by atoms with Gasteiger partial charge in [0, 0.05) is 49.4 Å². The van der Waals surface area contributed by atoms with Crippen molar-refractivity contribution < 1.29 is 14.4 Å². The van der Waals surface area contributed by atoms with Gasteiger partial charge in [-0.1, -0.05) is 35.5 Å². The summed E-state index contributed by atoms with van der Waals surface area (Å²) in [5.74, 6) is 1.46. The molecule has 1 aliphatic heterocycles. The minimum atomic E-state index is -0.0108. The molecule has 1 amide bonds. The van der Waals surface area contributed by atoms with Crippen molar-refractivity contribution in [2.75, 3.05) is 26.2 Å².